The molecule has 1 amide bonds. The lowest BCUT2D eigenvalue weighted by atomic mass is 10.1. The second kappa shape index (κ2) is 8.06. The van der Waals surface area contributed by atoms with Crippen molar-refractivity contribution >= 4 is 21.8 Å². The molecule has 0 spiro atoms. The van der Waals surface area contributed by atoms with Crippen molar-refractivity contribution in [2.24, 2.45) is 0 Å². The maximum Gasteiger partial charge on any atom is 0.268 e. The predicted octanol–water partition coefficient (Wildman–Crippen LogP) is 1.73. The third-order valence-electron chi connectivity index (χ3n) is 4.14. The van der Waals surface area contributed by atoms with Crippen LogP contribution in [0.15, 0.2) is 15.3 Å². The fourth-order valence-corrected chi connectivity index (χ4v) is 3.59. The Morgan fingerprint density at radius 2 is 2.26 bits per heavy atom. The maximum atomic E-state index is 12.3. The summed E-state index contributed by atoms with van der Waals surface area (Å²) in [5.41, 5.74) is 0.516. The highest BCUT2D eigenvalue weighted by atomic mass is 79.9. The van der Waals surface area contributed by atoms with Crippen LogP contribution >= 0.6 is 15.9 Å². The summed E-state index contributed by atoms with van der Waals surface area (Å²) >= 11 is 3.36. The van der Waals surface area contributed by atoms with Gasteiger partial charge >= 0.3 is 0 Å². The van der Waals surface area contributed by atoms with E-state index in [0.717, 1.165) is 38.2 Å². The molecule has 0 radical (unpaired) electrons. The summed E-state index contributed by atoms with van der Waals surface area (Å²) in [6.07, 6.45) is 2.08. The summed E-state index contributed by atoms with van der Waals surface area (Å²) in [5, 5.41) is 7.35. The predicted molar refractivity (Wildman–Crippen MR) is 93.6 cm³/mol. The highest BCUT2D eigenvalue weighted by Crippen LogP contribution is 2.19. The SMILES string of the molecule is CCN1CCCC(NC(=O)Cn2nc(C(C)C)c(Br)cc2=O)C1. The minimum absolute atomic E-state index is 0.0333. The number of nitrogens with zero attached hydrogens (tertiary/aromatic N) is 3. The van der Waals surface area contributed by atoms with Crippen LogP contribution < -0.4 is 10.9 Å². The van der Waals surface area contributed by atoms with E-state index in [9.17, 15) is 9.59 Å². The van der Waals surface area contributed by atoms with Crippen LogP contribution in [0, 0.1) is 0 Å². The number of rotatable bonds is 5. The lowest BCUT2D eigenvalue weighted by Crippen LogP contribution is -2.48. The van der Waals surface area contributed by atoms with E-state index in [1.807, 2.05) is 13.8 Å². The van der Waals surface area contributed by atoms with Crippen LogP contribution in [0.4, 0.5) is 0 Å². The highest BCUT2D eigenvalue weighted by Gasteiger charge is 2.21. The Kier molecular flexibility index (Phi) is 6.35. The number of nitrogens with one attached hydrogen (secondary N) is 1. The van der Waals surface area contributed by atoms with Crippen LogP contribution in [0.3, 0.4) is 0 Å². The molecule has 1 fully saturated rings. The van der Waals surface area contributed by atoms with Gasteiger partial charge in [-0.05, 0) is 47.8 Å². The van der Waals surface area contributed by atoms with Gasteiger partial charge in [-0.1, -0.05) is 20.8 Å². The van der Waals surface area contributed by atoms with Crippen molar-refractivity contribution in [3.63, 3.8) is 0 Å². The molecule has 1 atom stereocenters. The van der Waals surface area contributed by atoms with E-state index in [1.165, 1.54) is 10.7 Å². The van der Waals surface area contributed by atoms with Gasteiger partial charge in [-0.25, -0.2) is 4.68 Å². The average molecular weight is 385 g/mol. The number of hydrogen-bond acceptors (Lipinski definition) is 4. The quantitative estimate of drug-likeness (QED) is 0.839. The molecule has 1 N–H and O–H groups in total. The zero-order chi connectivity index (χ0) is 17.0. The van der Waals surface area contributed by atoms with Crippen molar-refractivity contribution in [2.45, 2.75) is 52.1 Å². The normalized spacial score (nSPS) is 19.1. The Morgan fingerprint density at radius 1 is 1.52 bits per heavy atom. The van der Waals surface area contributed by atoms with Crippen LogP contribution in [-0.4, -0.2) is 46.3 Å². The van der Waals surface area contributed by atoms with Gasteiger partial charge in [0.2, 0.25) is 5.91 Å². The van der Waals surface area contributed by atoms with Gasteiger partial charge in [0.05, 0.1) is 5.69 Å². The molecule has 1 saturated heterocycles. The smallest absolute Gasteiger partial charge is 0.268 e. The molecule has 0 aliphatic carbocycles. The van der Waals surface area contributed by atoms with Crippen molar-refractivity contribution in [1.29, 1.82) is 0 Å². The van der Waals surface area contributed by atoms with Gasteiger partial charge in [0, 0.05) is 23.1 Å². The third-order valence-corrected chi connectivity index (χ3v) is 4.77. The Morgan fingerprint density at radius 3 is 2.91 bits per heavy atom. The van der Waals surface area contributed by atoms with Crippen molar-refractivity contribution in [1.82, 2.24) is 20.0 Å². The van der Waals surface area contributed by atoms with Gasteiger partial charge < -0.3 is 10.2 Å². The maximum absolute atomic E-state index is 12.3. The number of halogens is 1. The molecule has 1 aliphatic heterocycles. The molecule has 2 rings (SSSR count). The highest BCUT2D eigenvalue weighted by molar-refractivity contribution is 9.10. The second-order valence-corrected chi connectivity index (χ2v) is 7.18. The largest absolute Gasteiger partial charge is 0.350 e. The van der Waals surface area contributed by atoms with Gasteiger partial charge in [0.15, 0.2) is 0 Å². The Balaban J connectivity index is 2.03. The van der Waals surface area contributed by atoms with E-state index in [4.69, 9.17) is 0 Å². The number of carbonyl (C=O) groups is 1. The molecule has 0 saturated carbocycles. The summed E-state index contributed by atoms with van der Waals surface area (Å²) in [5.74, 6) is 0.0234. The molecule has 1 aromatic rings. The molecule has 1 aromatic heterocycles. The first-order valence-electron chi connectivity index (χ1n) is 8.20. The Hall–Kier alpha value is -1.21. The summed E-state index contributed by atoms with van der Waals surface area (Å²) in [6.45, 7) is 9.07. The lowest BCUT2D eigenvalue weighted by Gasteiger charge is -2.32. The lowest BCUT2D eigenvalue weighted by molar-refractivity contribution is -0.123. The van der Waals surface area contributed by atoms with Crippen LogP contribution in [0.5, 0.6) is 0 Å². The monoisotopic (exact) mass is 384 g/mol. The van der Waals surface area contributed by atoms with Gasteiger partial charge in [0.25, 0.3) is 5.56 Å². The van der Waals surface area contributed by atoms with Crippen LogP contribution in [0.1, 0.15) is 45.2 Å². The standard InChI is InChI=1S/C16H25BrN4O2/c1-4-20-7-5-6-12(9-20)18-14(22)10-21-15(23)8-13(17)16(19-21)11(2)3/h8,11-12H,4-7,9-10H2,1-3H3,(H,18,22). The number of likely N-dealkylation sites (tertiary alicyclic amines) is 1. The Bertz CT molecular complexity index is 615. The second-order valence-electron chi connectivity index (χ2n) is 6.33. The van der Waals surface area contributed by atoms with E-state index in [-0.39, 0.29) is 30.0 Å². The van der Waals surface area contributed by atoms with Crippen LogP contribution in [0.2, 0.25) is 0 Å². The van der Waals surface area contributed by atoms with E-state index < -0.39 is 0 Å². The van der Waals surface area contributed by atoms with Gasteiger partial charge in [0.1, 0.15) is 6.54 Å². The molecule has 2 heterocycles. The minimum atomic E-state index is -0.268. The molecular formula is C16H25BrN4O2. The number of likely N-dealkylation sites (N-methyl/N-ethyl adjacent to an activating group) is 1. The topological polar surface area (TPSA) is 67.2 Å². The van der Waals surface area contributed by atoms with Crippen molar-refractivity contribution in [3.05, 3.63) is 26.6 Å². The summed E-state index contributed by atoms with van der Waals surface area (Å²) < 4.78 is 1.94. The first-order chi connectivity index (χ1) is 10.9. The summed E-state index contributed by atoms with van der Waals surface area (Å²) in [6, 6.07) is 1.64. The number of aromatic nitrogens is 2. The van der Waals surface area contributed by atoms with Gasteiger partial charge in [-0.2, -0.15) is 5.10 Å². The minimum Gasteiger partial charge on any atom is -0.350 e. The van der Waals surface area contributed by atoms with Crippen molar-refractivity contribution < 1.29 is 4.79 Å². The molecule has 6 nitrogen and oxygen atoms in total. The van der Waals surface area contributed by atoms with E-state index in [1.54, 1.807) is 0 Å². The fourth-order valence-electron chi connectivity index (χ4n) is 2.86. The first kappa shape index (κ1) is 18.1. The first-order valence-corrected chi connectivity index (χ1v) is 8.99. The van der Waals surface area contributed by atoms with Gasteiger partial charge in [-0.3, -0.25) is 9.59 Å². The fraction of sp³-hybridized carbons (Fsp3) is 0.688. The summed E-state index contributed by atoms with van der Waals surface area (Å²) in [4.78, 5) is 26.6. The number of piperidine rings is 1. The molecule has 23 heavy (non-hydrogen) atoms. The van der Waals surface area contributed by atoms with Crippen molar-refractivity contribution in [2.75, 3.05) is 19.6 Å². The number of carbonyl (C=O) groups excluding carboxylic acids is 1. The number of hydrogen-bond donors (Lipinski definition) is 1. The van der Waals surface area contributed by atoms with Crippen LogP contribution in [0.25, 0.3) is 0 Å². The van der Waals surface area contributed by atoms with E-state index in [2.05, 4.69) is 38.2 Å². The van der Waals surface area contributed by atoms with E-state index in [0.29, 0.717) is 4.47 Å². The molecule has 128 valence electrons. The molecule has 0 aromatic carbocycles. The van der Waals surface area contributed by atoms with Crippen molar-refractivity contribution in [3.8, 4) is 0 Å². The van der Waals surface area contributed by atoms with Gasteiger partial charge in [-0.15, -0.1) is 0 Å². The zero-order valence-electron chi connectivity index (χ0n) is 14.0. The average Bonchev–Trinajstić information content (AvgIpc) is 2.49. The zero-order valence-corrected chi connectivity index (χ0v) is 15.6. The molecular weight excluding hydrogens is 360 g/mol. The molecule has 7 heteroatoms. The Labute approximate surface area is 145 Å². The number of amides is 1. The third kappa shape index (κ3) is 4.88. The van der Waals surface area contributed by atoms with E-state index >= 15 is 0 Å². The molecule has 1 aliphatic rings. The molecule has 1 unspecified atom stereocenters. The van der Waals surface area contributed by atoms with Crippen LogP contribution in [-0.2, 0) is 11.3 Å². The summed E-state index contributed by atoms with van der Waals surface area (Å²) in [7, 11) is 0. The molecule has 0 bridgehead atoms.